The molecule has 186 valence electrons. The highest BCUT2D eigenvalue weighted by atomic mass is 32.2. The molecule has 0 amide bonds. The van der Waals surface area contributed by atoms with Crippen LogP contribution in [0.5, 0.6) is 5.75 Å². The van der Waals surface area contributed by atoms with E-state index in [4.69, 9.17) is 15.9 Å². The van der Waals surface area contributed by atoms with Gasteiger partial charge in [0, 0.05) is 11.1 Å². The number of benzene rings is 3. The number of carboxylic acid groups (broad SMARTS) is 1. The number of anilines is 1. The average Bonchev–Trinajstić information content (AvgIpc) is 2.85. The monoisotopic (exact) mass is 506 g/mol. The maximum Gasteiger partial charge on any atom is 0.349 e. The van der Waals surface area contributed by atoms with E-state index in [1.165, 1.54) is 6.08 Å². The summed E-state index contributed by atoms with van der Waals surface area (Å²) in [5, 5.41) is 22.4. The third kappa shape index (κ3) is 4.52. The van der Waals surface area contributed by atoms with Crippen LogP contribution >= 0.6 is 0 Å². The third-order valence-electron chi connectivity index (χ3n) is 6.46. The highest BCUT2D eigenvalue weighted by molar-refractivity contribution is 7.97. The number of carbonyl (C=O) groups is 1. The van der Waals surface area contributed by atoms with Gasteiger partial charge in [-0.3, -0.25) is 9.71 Å². The number of rotatable bonds is 6. The Morgan fingerprint density at radius 2 is 1.83 bits per heavy atom. The summed E-state index contributed by atoms with van der Waals surface area (Å²) in [6, 6.07) is 15.9. The van der Waals surface area contributed by atoms with Gasteiger partial charge in [-0.1, -0.05) is 24.3 Å². The van der Waals surface area contributed by atoms with Gasteiger partial charge in [0.05, 0.1) is 12.2 Å². The first-order valence-corrected chi connectivity index (χ1v) is 13.0. The van der Waals surface area contributed by atoms with Crippen molar-refractivity contribution in [1.82, 2.24) is 5.32 Å². The molecule has 0 spiro atoms. The number of hydrogen-bond donors (Lipinski definition) is 4. The van der Waals surface area contributed by atoms with Crippen LogP contribution in [0.15, 0.2) is 59.5 Å². The molecule has 0 unspecified atom stereocenters. The van der Waals surface area contributed by atoms with Crippen molar-refractivity contribution in [1.29, 1.82) is 5.41 Å². The van der Waals surface area contributed by atoms with Gasteiger partial charge in [-0.2, -0.15) is 0 Å². The number of piperidine rings is 1. The van der Waals surface area contributed by atoms with E-state index in [1.54, 1.807) is 36.4 Å². The number of ether oxygens (including phenoxy) is 1. The lowest BCUT2D eigenvalue weighted by Gasteiger charge is -2.30. The summed E-state index contributed by atoms with van der Waals surface area (Å²) in [6.07, 6.45) is 2.97. The second-order valence-corrected chi connectivity index (χ2v) is 10.8. The highest BCUT2D eigenvalue weighted by Crippen LogP contribution is 2.38. The number of fused-ring (bicyclic) bond motifs is 2. The van der Waals surface area contributed by atoms with E-state index in [1.807, 2.05) is 18.2 Å². The first-order valence-electron chi connectivity index (χ1n) is 11.6. The fraction of sp³-hybridized carbons (Fsp3) is 0.231. The molecule has 9 nitrogen and oxygen atoms in total. The molecule has 1 saturated heterocycles. The number of nitrogens with one attached hydrogen (secondary N) is 2. The van der Waals surface area contributed by atoms with Crippen molar-refractivity contribution in [3.63, 3.8) is 0 Å². The minimum Gasteiger partial charge on any atom is -0.490 e. The van der Waals surface area contributed by atoms with Crippen molar-refractivity contribution in [2.45, 2.75) is 25.5 Å². The Labute approximate surface area is 208 Å². The van der Waals surface area contributed by atoms with Crippen LogP contribution in [0.25, 0.3) is 16.8 Å². The van der Waals surface area contributed by atoms with Crippen LogP contribution < -0.4 is 20.1 Å². The molecule has 1 fully saturated rings. The molecule has 2 aliphatic rings. The lowest BCUT2D eigenvalue weighted by atomic mass is 10.0. The van der Waals surface area contributed by atoms with Crippen LogP contribution in [0.3, 0.4) is 0 Å². The molecule has 5 N–H and O–H groups in total. The molecule has 5 rings (SSSR count). The molecular weight excluding hydrogens is 480 g/mol. The van der Waals surface area contributed by atoms with E-state index in [0.717, 1.165) is 41.0 Å². The summed E-state index contributed by atoms with van der Waals surface area (Å²) in [6.45, 7) is 1.67. The summed E-state index contributed by atoms with van der Waals surface area (Å²) < 4.78 is 33.9. The number of nitrogens with two attached hydrogens (primary N) is 1. The van der Waals surface area contributed by atoms with Crippen LogP contribution in [0.2, 0.25) is 0 Å². The number of carboxylic acids is 1. The second-order valence-electron chi connectivity index (χ2n) is 8.92. The maximum absolute atomic E-state index is 13.3. The van der Waals surface area contributed by atoms with Crippen molar-refractivity contribution in [3.8, 4) is 5.75 Å². The van der Waals surface area contributed by atoms with Gasteiger partial charge >= 0.3 is 5.97 Å². The highest BCUT2D eigenvalue weighted by Gasteiger charge is 2.37. The molecule has 2 heterocycles. The van der Waals surface area contributed by atoms with Crippen molar-refractivity contribution in [2.75, 3.05) is 17.4 Å². The van der Waals surface area contributed by atoms with E-state index in [9.17, 15) is 18.3 Å². The minimum absolute atomic E-state index is 0.0492. The molecule has 0 aliphatic carbocycles. The standard InChI is InChI=1S/C26H26N4O5S/c27-25(28)18-4-3-17-2-1-16(11-19(17)12-18)15-30-23-6-5-22(35-21-7-9-29-10-8-21)13-20(23)14-24(26(31)32)36(30,33)34/h1-6,11-14,21,29H,7-10,15H2,(H3,27,28)(H,31,32). The van der Waals surface area contributed by atoms with Gasteiger partial charge in [0.2, 0.25) is 0 Å². The first-order chi connectivity index (χ1) is 17.2. The molecule has 2 aliphatic heterocycles. The molecule has 0 saturated carbocycles. The largest absolute Gasteiger partial charge is 0.490 e. The van der Waals surface area contributed by atoms with Crippen LogP contribution in [-0.2, 0) is 21.4 Å². The van der Waals surface area contributed by atoms with Crippen LogP contribution in [0.1, 0.15) is 29.5 Å². The van der Waals surface area contributed by atoms with Crippen LogP contribution in [0.4, 0.5) is 5.69 Å². The van der Waals surface area contributed by atoms with Crippen molar-refractivity contribution >= 4 is 44.4 Å². The van der Waals surface area contributed by atoms with Gasteiger partial charge in [0.15, 0.2) is 4.91 Å². The Balaban J connectivity index is 1.52. The molecule has 0 aromatic heterocycles. The zero-order chi connectivity index (χ0) is 25.4. The molecule has 10 heteroatoms. The van der Waals surface area contributed by atoms with E-state index in [2.05, 4.69) is 5.32 Å². The predicted octanol–water partition coefficient (Wildman–Crippen LogP) is 3.03. The Kier molecular flexibility index (Phi) is 6.15. The first kappa shape index (κ1) is 23.8. The number of amidine groups is 1. The zero-order valence-corrected chi connectivity index (χ0v) is 20.2. The smallest absolute Gasteiger partial charge is 0.349 e. The minimum atomic E-state index is -4.30. The summed E-state index contributed by atoms with van der Waals surface area (Å²) in [7, 11) is -4.30. The molecule has 0 bridgehead atoms. The summed E-state index contributed by atoms with van der Waals surface area (Å²) in [5.41, 5.74) is 7.70. The maximum atomic E-state index is 13.3. The number of nitrogens with zero attached hydrogens (tertiary/aromatic N) is 1. The topological polar surface area (TPSA) is 146 Å². The van der Waals surface area contributed by atoms with Gasteiger partial charge in [-0.15, -0.1) is 0 Å². The summed E-state index contributed by atoms with van der Waals surface area (Å²) in [4.78, 5) is 11.2. The molecule has 0 radical (unpaired) electrons. The van der Waals surface area contributed by atoms with Gasteiger partial charge in [0.25, 0.3) is 10.0 Å². The normalized spacial score (nSPS) is 17.3. The fourth-order valence-electron chi connectivity index (χ4n) is 4.59. The molecule has 0 atom stereocenters. The van der Waals surface area contributed by atoms with Crippen molar-refractivity contribution in [2.24, 2.45) is 5.73 Å². The molecule has 3 aromatic carbocycles. The predicted molar refractivity (Wildman–Crippen MR) is 139 cm³/mol. The van der Waals surface area contributed by atoms with Crippen LogP contribution in [-0.4, -0.2) is 44.5 Å². The van der Waals surface area contributed by atoms with E-state index >= 15 is 0 Å². The Bertz CT molecular complexity index is 1510. The van der Waals surface area contributed by atoms with E-state index < -0.39 is 20.9 Å². The van der Waals surface area contributed by atoms with Crippen LogP contribution in [0, 0.1) is 5.41 Å². The zero-order valence-electron chi connectivity index (χ0n) is 19.4. The molecular formula is C26H26N4O5S. The number of hydrogen-bond acceptors (Lipinski definition) is 6. The van der Waals surface area contributed by atoms with Gasteiger partial charge in [-0.25, -0.2) is 13.2 Å². The fourth-order valence-corrected chi connectivity index (χ4v) is 6.07. The van der Waals surface area contributed by atoms with Gasteiger partial charge in [-0.05, 0) is 78.7 Å². The van der Waals surface area contributed by atoms with Crippen molar-refractivity contribution < 1.29 is 23.1 Å². The van der Waals surface area contributed by atoms with E-state index in [-0.39, 0.29) is 18.5 Å². The van der Waals surface area contributed by atoms with Gasteiger partial charge in [0.1, 0.15) is 17.7 Å². The Morgan fingerprint density at radius 3 is 2.56 bits per heavy atom. The summed E-state index contributed by atoms with van der Waals surface area (Å²) in [5.74, 6) is -1.00. The lowest BCUT2D eigenvalue weighted by molar-refractivity contribution is -0.131. The average molecular weight is 507 g/mol. The number of aliphatic carboxylic acids is 1. The number of sulfonamides is 1. The Morgan fingerprint density at radius 1 is 1.08 bits per heavy atom. The molecule has 3 aromatic rings. The molecule has 36 heavy (non-hydrogen) atoms. The lowest BCUT2D eigenvalue weighted by Crippen LogP contribution is -2.36. The quantitative estimate of drug-likeness (QED) is 0.297. The SMILES string of the molecule is N=C(N)c1ccc2ccc(CN3c4ccc(OC5CCNCC5)cc4C=C(C(=O)O)S3(=O)=O)cc2c1. The number of nitrogen functional groups attached to an aromatic ring is 1. The Hall–Kier alpha value is -3.89. The third-order valence-corrected chi connectivity index (χ3v) is 8.22. The van der Waals surface area contributed by atoms with Crippen molar-refractivity contribution in [3.05, 3.63) is 76.2 Å². The van der Waals surface area contributed by atoms with E-state index in [0.29, 0.717) is 28.1 Å². The summed E-state index contributed by atoms with van der Waals surface area (Å²) >= 11 is 0. The van der Waals surface area contributed by atoms with Gasteiger partial charge < -0.3 is 20.9 Å². The second kappa shape index (κ2) is 9.29.